The second-order valence-corrected chi connectivity index (χ2v) is 4.48. The molecule has 1 aromatic rings. The maximum atomic E-state index is 5.95. The van der Waals surface area contributed by atoms with Crippen molar-refractivity contribution in [2.45, 2.75) is 26.3 Å². The Morgan fingerprint density at radius 1 is 1.44 bits per heavy atom. The van der Waals surface area contributed by atoms with Gasteiger partial charge in [0, 0.05) is 13.1 Å². The van der Waals surface area contributed by atoms with Crippen molar-refractivity contribution in [1.82, 2.24) is 10.1 Å². The van der Waals surface area contributed by atoms with Gasteiger partial charge in [-0.15, -0.1) is 0 Å². The summed E-state index contributed by atoms with van der Waals surface area (Å²) in [6.45, 7) is 5.87. The van der Waals surface area contributed by atoms with E-state index in [0.29, 0.717) is 11.8 Å². The monoisotopic (exact) mass is 244 g/mol. The molecule has 6 heteroatoms. The summed E-state index contributed by atoms with van der Waals surface area (Å²) in [6.07, 6.45) is 2.92. The van der Waals surface area contributed by atoms with Crippen LogP contribution in [0.1, 0.15) is 32.2 Å². The molecule has 92 valence electrons. The maximum Gasteiger partial charge on any atom is 0.266 e. The van der Waals surface area contributed by atoms with E-state index in [9.17, 15) is 0 Å². The van der Waals surface area contributed by atoms with Crippen LogP contribution >= 0.6 is 11.8 Å². The van der Waals surface area contributed by atoms with Crippen LogP contribution in [0.15, 0.2) is 4.52 Å². The van der Waals surface area contributed by atoms with E-state index in [1.54, 1.807) is 11.8 Å². The van der Waals surface area contributed by atoms with Crippen molar-refractivity contribution < 1.29 is 4.52 Å². The lowest BCUT2D eigenvalue weighted by Crippen LogP contribution is -2.23. The average molecular weight is 244 g/mol. The molecule has 1 atom stereocenters. The van der Waals surface area contributed by atoms with Crippen molar-refractivity contribution in [3.05, 3.63) is 5.89 Å². The van der Waals surface area contributed by atoms with Crippen molar-refractivity contribution in [2.75, 3.05) is 30.0 Å². The Bertz CT molecular complexity index is 301. The van der Waals surface area contributed by atoms with Crippen LogP contribution in [0.4, 0.5) is 5.95 Å². The van der Waals surface area contributed by atoms with Gasteiger partial charge in [-0.05, 0) is 37.4 Å². The molecule has 0 aliphatic heterocycles. The predicted molar refractivity (Wildman–Crippen MR) is 67.8 cm³/mol. The van der Waals surface area contributed by atoms with Crippen LogP contribution in [0.25, 0.3) is 0 Å². The van der Waals surface area contributed by atoms with E-state index in [-0.39, 0.29) is 6.04 Å². The predicted octanol–water partition coefficient (Wildman–Crippen LogP) is 1.67. The second-order valence-electron chi connectivity index (χ2n) is 3.49. The fraction of sp³-hybridized carbons (Fsp3) is 0.800. The molecule has 0 saturated carbocycles. The highest BCUT2D eigenvalue weighted by Gasteiger charge is 2.16. The van der Waals surface area contributed by atoms with E-state index in [0.717, 1.165) is 25.3 Å². The zero-order valence-corrected chi connectivity index (χ0v) is 11.0. The van der Waals surface area contributed by atoms with E-state index in [1.807, 2.05) is 4.90 Å². The number of aromatic nitrogens is 2. The third-order valence-corrected chi connectivity index (χ3v) is 3.07. The topological polar surface area (TPSA) is 68.2 Å². The van der Waals surface area contributed by atoms with Crippen molar-refractivity contribution in [1.29, 1.82) is 0 Å². The Kier molecular flexibility index (Phi) is 5.62. The Morgan fingerprint density at radius 3 is 2.69 bits per heavy atom. The molecular formula is C10H20N4OS. The number of anilines is 1. The van der Waals surface area contributed by atoms with Gasteiger partial charge >= 0.3 is 0 Å². The highest BCUT2D eigenvalue weighted by Crippen LogP contribution is 2.17. The lowest BCUT2D eigenvalue weighted by molar-refractivity contribution is 0.352. The fourth-order valence-corrected chi connectivity index (χ4v) is 1.87. The number of thioether (sulfide) groups is 1. The molecule has 0 unspecified atom stereocenters. The van der Waals surface area contributed by atoms with Crippen LogP contribution < -0.4 is 10.6 Å². The number of hydrogen-bond acceptors (Lipinski definition) is 6. The van der Waals surface area contributed by atoms with Crippen molar-refractivity contribution in [2.24, 2.45) is 5.73 Å². The maximum absolute atomic E-state index is 5.95. The molecule has 0 radical (unpaired) electrons. The Morgan fingerprint density at radius 2 is 2.12 bits per heavy atom. The van der Waals surface area contributed by atoms with E-state index in [2.05, 4.69) is 30.2 Å². The van der Waals surface area contributed by atoms with Crippen molar-refractivity contribution in [3.8, 4) is 0 Å². The minimum Gasteiger partial charge on any atom is -0.339 e. The summed E-state index contributed by atoms with van der Waals surface area (Å²) in [5.74, 6) is 2.18. The Balaban J connectivity index is 2.62. The molecule has 2 N–H and O–H groups in total. The Hall–Kier alpha value is -0.750. The molecule has 1 rings (SSSR count). The van der Waals surface area contributed by atoms with E-state index < -0.39 is 0 Å². The average Bonchev–Trinajstić information content (AvgIpc) is 2.77. The number of rotatable bonds is 7. The van der Waals surface area contributed by atoms with Crippen molar-refractivity contribution >= 4 is 17.7 Å². The molecular weight excluding hydrogens is 224 g/mol. The molecule has 0 saturated heterocycles. The van der Waals surface area contributed by atoms with E-state index in [1.165, 1.54) is 0 Å². The summed E-state index contributed by atoms with van der Waals surface area (Å²) in [4.78, 5) is 6.35. The van der Waals surface area contributed by atoms with Crippen LogP contribution in [0.2, 0.25) is 0 Å². The molecule has 5 nitrogen and oxygen atoms in total. The molecule has 0 bridgehead atoms. The van der Waals surface area contributed by atoms with Crippen LogP contribution in [0.3, 0.4) is 0 Å². The van der Waals surface area contributed by atoms with Crippen LogP contribution in [-0.4, -0.2) is 35.2 Å². The van der Waals surface area contributed by atoms with Gasteiger partial charge in [0.15, 0.2) is 0 Å². The molecule has 0 aromatic carbocycles. The van der Waals surface area contributed by atoms with Gasteiger partial charge in [-0.25, -0.2) is 0 Å². The van der Waals surface area contributed by atoms with Gasteiger partial charge in [-0.1, -0.05) is 0 Å². The lowest BCUT2D eigenvalue weighted by Gasteiger charge is -2.14. The normalized spacial score (nSPS) is 12.8. The molecule has 1 aromatic heterocycles. The number of hydrogen-bond donors (Lipinski definition) is 1. The largest absolute Gasteiger partial charge is 0.339 e. The van der Waals surface area contributed by atoms with Gasteiger partial charge in [0.1, 0.15) is 0 Å². The molecule has 1 heterocycles. The molecule has 16 heavy (non-hydrogen) atoms. The molecule has 0 amide bonds. The van der Waals surface area contributed by atoms with Gasteiger partial charge in [-0.2, -0.15) is 16.7 Å². The van der Waals surface area contributed by atoms with E-state index in [4.69, 9.17) is 10.3 Å². The molecule has 0 spiro atoms. The third kappa shape index (κ3) is 3.38. The number of nitrogens with two attached hydrogens (primary N) is 1. The Labute approximate surface area is 101 Å². The van der Waals surface area contributed by atoms with Crippen LogP contribution in [-0.2, 0) is 0 Å². The summed E-state index contributed by atoms with van der Waals surface area (Å²) in [6, 6.07) is -0.149. The minimum atomic E-state index is -0.149. The highest BCUT2D eigenvalue weighted by atomic mass is 32.2. The first kappa shape index (κ1) is 13.3. The first-order chi connectivity index (χ1) is 7.72. The zero-order valence-electron chi connectivity index (χ0n) is 10.1. The summed E-state index contributed by atoms with van der Waals surface area (Å²) in [7, 11) is 0. The van der Waals surface area contributed by atoms with Gasteiger partial charge in [0.2, 0.25) is 5.89 Å². The second kappa shape index (κ2) is 6.75. The number of nitrogens with zero attached hydrogens (tertiary/aromatic N) is 3. The first-order valence-corrected chi connectivity index (χ1v) is 6.95. The van der Waals surface area contributed by atoms with Gasteiger partial charge in [-0.3, -0.25) is 0 Å². The summed E-state index contributed by atoms with van der Waals surface area (Å²) in [5.41, 5.74) is 5.95. The van der Waals surface area contributed by atoms with Crippen molar-refractivity contribution in [3.63, 3.8) is 0 Å². The van der Waals surface area contributed by atoms with Gasteiger partial charge < -0.3 is 15.2 Å². The third-order valence-electron chi connectivity index (χ3n) is 2.43. The fourth-order valence-electron chi connectivity index (χ4n) is 1.38. The summed E-state index contributed by atoms with van der Waals surface area (Å²) < 4.78 is 5.17. The highest BCUT2D eigenvalue weighted by molar-refractivity contribution is 7.98. The molecule has 0 aliphatic carbocycles. The zero-order chi connectivity index (χ0) is 12.0. The quantitative estimate of drug-likeness (QED) is 0.787. The molecule has 0 aliphatic rings. The molecule has 0 fully saturated rings. The minimum absolute atomic E-state index is 0.149. The summed E-state index contributed by atoms with van der Waals surface area (Å²) >= 11 is 1.77. The standard InChI is InChI=1S/C10H20N4OS/c1-4-14(5-2)10-12-9(15-13-10)8(11)6-7-16-3/h8H,4-7,11H2,1-3H3/t8-/m1/s1. The lowest BCUT2D eigenvalue weighted by atomic mass is 10.2. The van der Waals surface area contributed by atoms with Gasteiger partial charge in [0.05, 0.1) is 6.04 Å². The summed E-state index contributed by atoms with van der Waals surface area (Å²) in [5, 5.41) is 3.94. The van der Waals surface area contributed by atoms with E-state index >= 15 is 0 Å². The SMILES string of the molecule is CCN(CC)c1noc([C@H](N)CCSC)n1. The first-order valence-electron chi connectivity index (χ1n) is 5.55. The van der Waals surface area contributed by atoms with Crippen LogP contribution in [0, 0.1) is 0 Å². The smallest absolute Gasteiger partial charge is 0.266 e. The van der Waals surface area contributed by atoms with Crippen LogP contribution in [0.5, 0.6) is 0 Å². The van der Waals surface area contributed by atoms with Gasteiger partial charge in [0.25, 0.3) is 5.95 Å².